The Morgan fingerprint density at radius 3 is 2.50 bits per heavy atom. The quantitative estimate of drug-likeness (QED) is 0.605. The number of rotatable bonds is 5. The molecule has 0 saturated heterocycles. The Hall–Kier alpha value is -1.17. The molecule has 0 aliphatic carbocycles. The van der Waals surface area contributed by atoms with Crippen LogP contribution in [0.3, 0.4) is 0 Å². The monoisotopic (exact) mass is 268 g/mol. The lowest BCUT2D eigenvalue weighted by molar-refractivity contribution is 0.570. The van der Waals surface area contributed by atoms with Crippen LogP contribution in [-0.2, 0) is 6.42 Å². The number of aromatic nitrogens is 3. The number of thioether (sulfide) groups is 1. The fourth-order valence-corrected chi connectivity index (χ4v) is 1.77. The van der Waals surface area contributed by atoms with Crippen LogP contribution in [0.25, 0.3) is 0 Å². The van der Waals surface area contributed by atoms with Gasteiger partial charge in [-0.15, -0.1) is 10.2 Å². The summed E-state index contributed by atoms with van der Waals surface area (Å²) >= 11 is 1.36. The average Bonchev–Trinajstić information content (AvgIpc) is 2.29. The first-order chi connectivity index (χ1) is 8.45. The highest BCUT2D eigenvalue weighted by molar-refractivity contribution is 7.98. The van der Waals surface area contributed by atoms with E-state index in [1.165, 1.54) is 16.4 Å². The van der Waals surface area contributed by atoms with E-state index in [1.807, 2.05) is 34.0 Å². The van der Waals surface area contributed by atoms with Gasteiger partial charge in [-0.25, -0.2) is 0 Å². The molecule has 1 rings (SSSR count). The Bertz CT molecular complexity index is 479. The van der Waals surface area contributed by atoms with Crippen LogP contribution in [-0.4, -0.2) is 27.3 Å². The zero-order chi connectivity index (χ0) is 13.7. The third-order valence-electron chi connectivity index (χ3n) is 2.14. The largest absolute Gasteiger partial charge is 0.296 e. The molecular formula is C12H20N4OS. The van der Waals surface area contributed by atoms with E-state index in [1.54, 1.807) is 6.21 Å². The minimum atomic E-state index is -0.167. The van der Waals surface area contributed by atoms with Crippen molar-refractivity contribution in [2.75, 3.05) is 6.26 Å². The second-order valence-corrected chi connectivity index (χ2v) is 5.63. The number of hydrogen-bond donors (Lipinski definition) is 0. The van der Waals surface area contributed by atoms with Crippen molar-refractivity contribution in [1.29, 1.82) is 0 Å². The van der Waals surface area contributed by atoms with Crippen LogP contribution >= 0.6 is 11.8 Å². The van der Waals surface area contributed by atoms with Crippen molar-refractivity contribution in [2.24, 2.45) is 16.9 Å². The van der Waals surface area contributed by atoms with E-state index >= 15 is 0 Å². The molecular weight excluding hydrogens is 248 g/mol. The summed E-state index contributed by atoms with van der Waals surface area (Å²) in [5, 5.41) is 12.8. The van der Waals surface area contributed by atoms with E-state index in [-0.39, 0.29) is 11.5 Å². The van der Waals surface area contributed by atoms with Crippen molar-refractivity contribution in [2.45, 2.75) is 39.3 Å². The summed E-state index contributed by atoms with van der Waals surface area (Å²) in [5.74, 6) is 0.656. The summed E-state index contributed by atoms with van der Waals surface area (Å²) in [6.45, 7) is 8.12. The van der Waals surface area contributed by atoms with Crippen molar-refractivity contribution < 1.29 is 0 Å². The molecule has 0 aromatic carbocycles. The molecule has 0 unspecified atom stereocenters. The maximum absolute atomic E-state index is 12.2. The lowest BCUT2D eigenvalue weighted by atomic mass is 10.1. The standard InChI is InChI=1S/C12H20N4OS/c1-8(2)6-10-11(17)16(13-7-9(3)4)12(18-5)15-14-10/h7-9H,6H2,1-5H3/b13-7+. The van der Waals surface area contributed by atoms with Gasteiger partial charge in [0, 0.05) is 6.21 Å². The highest BCUT2D eigenvalue weighted by Gasteiger charge is 2.12. The average molecular weight is 268 g/mol. The van der Waals surface area contributed by atoms with E-state index in [2.05, 4.69) is 15.3 Å². The molecule has 0 bridgehead atoms. The van der Waals surface area contributed by atoms with Gasteiger partial charge in [0.25, 0.3) is 5.56 Å². The first kappa shape index (κ1) is 14.9. The van der Waals surface area contributed by atoms with Gasteiger partial charge in [-0.1, -0.05) is 39.5 Å². The highest BCUT2D eigenvalue weighted by atomic mass is 32.2. The smallest absolute Gasteiger partial charge is 0.265 e. The van der Waals surface area contributed by atoms with Crippen molar-refractivity contribution >= 4 is 18.0 Å². The van der Waals surface area contributed by atoms with Crippen molar-refractivity contribution in [1.82, 2.24) is 14.9 Å². The topological polar surface area (TPSA) is 60.1 Å². The maximum Gasteiger partial charge on any atom is 0.296 e. The van der Waals surface area contributed by atoms with E-state index in [4.69, 9.17) is 0 Å². The van der Waals surface area contributed by atoms with Crippen LogP contribution in [0.4, 0.5) is 0 Å². The van der Waals surface area contributed by atoms with Crippen LogP contribution in [0.2, 0.25) is 0 Å². The van der Waals surface area contributed by atoms with Gasteiger partial charge in [0.15, 0.2) is 0 Å². The van der Waals surface area contributed by atoms with Gasteiger partial charge in [-0.05, 0) is 24.5 Å². The fraction of sp³-hybridized carbons (Fsp3) is 0.667. The van der Waals surface area contributed by atoms with Crippen molar-refractivity contribution in [3.05, 3.63) is 16.0 Å². The van der Waals surface area contributed by atoms with Crippen LogP contribution in [0.1, 0.15) is 33.4 Å². The second kappa shape index (κ2) is 6.68. The van der Waals surface area contributed by atoms with E-state index in [0.717, 1.165) is 0 Å². The Kier molecular flexibility index (Phi) is 5.53. The molecule has 0 aliphatic heterocycles. The molecule has 0 aliphatic rings. The molecule has 1 heterocycles. The second-order valence-electron chi connectivity index (χ2n) is 4.86. The van der Waals surface area contributed by atoms with Gasteiger partial charge in [0.1, 0.15) is 5.69 Å². The summed E-state index contributed by atoms with van der Waals surface area (Å²) < 4.78 is 1.34. The fourth-order valence-electron chi connectivity index (χ4n) is 1.34. The predicted molar refractivity (Wildman–Crippen MR) is 75.3 cm³/mol. The van der Waals surface area contributed by atoms with Crippen LogP contribution < -0.4 is 5.56 Å². The normalized spacial score (nSPS) is 11.9. The summed E-state index contributed by atoms with van der Waals surface area (Å²) in [4.78, 5) is 12.2. The molecule has 0 N–H and O–H groups in total. The molecule has 0 atom stereocenters. The first-order valence-corrected chi connectivity index (χ1v) is 7.25. The predicted octanol–water partition coefficient (Wildman–Crippen LogP) is 2.05. The van der Waals surface area contributed by atoms with E-state index in [9.17, 15) is 4.79 Å². The summed E-state index contributed by atoms with van der Waals surface area (Å²) in [7, 11) is 0. The summed E-state index contributed by atoms with van der Waals surface area (Å²) in [5.41, 5.74) is 0.309. The zero-order valence-electron chi connectivity index (χ0n) is 11.5. The van der Waals surface area contributed by atoms with Gasteiger partial charge in [-0.3, -0.25) is 4.79 Å². The Balaban J connectivity index is 3.23. The molecule has 6 heteroatoms. The SMILES string of the molecule is CSc1nnc(CC(C)C)c(=O)n1/N=C/C(C)C. The van der Waals surface area contributed by atoms with Gasteiger partial charge < -0.3 is 0 Å². The van der Waals surface area contributed by atoms with Gasteiger partial charge in [0.05, 0.1) is 0 Å². The first-order valence-electron chi connectivity index (χ1n) is 6.02. The zero-order valence-corrected chi connectivity index (χ0v) is 12.4. The number of hydrogen-bond acceptors (Lipinski definition) is 5. The van der Waals surface area contributed by atoms with Gasteiger partial charge >= 0.3 is 0 Å². The molecule has 0 spiro atoms. The summed E-state index contributed by atoms with van der Waals surface area (Å²) in [6, 6.07) is 0. The molecule has 1 aromatic heterocycles. The Morgan fingerprint density at radius 2 is 2.00 bits per heavy atom. The molecule has 100 valence electrons. The molecule has 0 radical (unpaired) electrons. The van der Waals surface area contributed by atoms with Crippen molar-refractivity contribution in [3.8, 4) is 0 Å². The Labute approximate surface area is 112 Å². The summed E-state index contributed by atoms with van der Waals surface area (Å²) in [6.07, 6.45) is 4.21. The lowest BCUT2D eigenvalue weighted by Gasteiger charge is -2.07. The van der Waals surface area contributed by atoms with Gasteiger partial charge in [-0.2, -0.15) is 9.78 Å². The molecule has 18 heavy (non-hydrogen) atoms. The van der Waals surface area contributed by atoms with Crippen LogP contribution in [0.15, 0.2) is 15.1 Å². The maximum atomic E-state index is 12.2. The van der Waals surface area contributed by atoms with Gasteiger partial charge in [0.2, 0.25) is 5.16 Å². The molecule has 0 saturated carbocycles. The molecule has 0 fully saturated rings. The minimum Gasteiger partial charge on any atom is -0.265 e. The Morgan fingerprint density at radius 1 is 1.33 bits per heavy atom. The molecule has 5 nitrogen and oxygen atoms in total. The number of nitrogens with zero attached hydrogens (tertiary/aromatic N) is 4. The highest BCUT2D eigenvalue weighted by Crippen LogP contribution is 2.09. The van der Waals surface area contributed by atoms with Crippen LogP contribution in [0, 0.1) is 11.8 Å². The van der Waals surface area contributed by atoms with E-state index in [0.29, 0.717) is 23.2 Å². The molecule has 0 amide bonds. The third-order valence-corrected chi connectivity index (χ3v) is 2.76. The molecule has 1 aromatic rings. The van der Waals surface area contributed by atoms with Crippen molar-refractivity contribution in [3.63, 3.8) is 0 Å². The minimum absolute atomic E-state index is 0.167. The van der Waals surface area contributed by atoms with E-state index < -0.39 is 0 Å². The lowest BCUT2D eigenvalue weighted by Crippen LogP contribution is -2.26. The third kappa shape index (κ3) is 3.94. The van der Waals surface area contributed by atoms with Crippen LogP contribution in [0.5, 0.6) is 0 Å².